The standard InChI is InChI=1S/C42H77N3O4/c1-5-7-9-21-27-33-47-43-31-25-19-15-11-13-17-23-29-41(49-42(46)37-39-35-40(36-39)38-45(3)4)30-24-18-14-12-16-20-26-32-44-48-34-28-22-10-8-6-2/h21-22,27-28,31-32,39-41H,5-20,23-26,29-30,33-38H2,1-4H3/b27-21-,28-22-,43-31-,44-32-. The molecule has 0 spiro atoms. The summed E-state index contributed by atoms with van der Waals surface area (Å²) in [5.74, 6) is 1.30. The first-order valence-electron chi connectivity index (χ1n) is 20.5. The molecule has 0 unspecified atom stereocenters. The Kier molecular flexibility index (Phi) is 31.4. The maximum absolute atomic E-state index is 12.9. The topological polar surface area (TPSA) is 72.7 Å². The summed E-state index contributed by atoms with van der Waals surface area (Å²) in [4.78, 5) is 25.7. The fraction of sp³-hybridized carbons (Fsp3) is 0.833. The fourth-order valence-corrected chi connectivity index (χ4v) is 6.47. The molecule has 0 bridgehead atoms. The molecule has 7 heteroatoms. The molecule has 0 radical (unpaired) electrons. The maximum Gasteiger partial charge on any atom is 0.306 e. The Hall–Kier alpha value is -2.15. The van der Waals surface area contributed by atoms with Crippen molar-refractivity contribution in [1.82, 2.24) is 4.90 Å². The number of unbranched alkanes of at least 4 members (excludes halogenated alkanes) is 16. The van der Waals surface area contributed by atoms with Crippen molar-refractivity contribution >= 4 is 18.4 Å². The Morgan fingerprint density at radius 1 is 0.633 bits per heavy atom. The van der Waals surface area contributed by atoms with Gasteiger partial charge in [-0.25, -0.2) is 0 Å². The van der Waals surface area contributed by atoms with Crippen LogP contribution >= 0.6 is 0 Å². The molecule has 7 nitrogen and oxygen atoms in total. The molecule has 1 aliphatic rings. The third-order valence-corrected chi connectivity index (χ3v) is 9.35. The number of carbonyl (C=O) groups is 1. The number of carbonyl (C=O) groups excluding carboxylic acids is 1. The highest BCUT2D eigenvalue weighted by molar-refractivity contribution is 5.70. The summed E-state index contributed by atoms with van der Waals surface area (Å²) in [6.07, 6.45) is 41.0. The zero-order valence-electron chi connectivity index (χ0n) is 32.5. The van der Waals surface area contributed by atoms with Gasteiger partial charge < -0.3 is 19.3 Å². The second-order valence-electron chi connectivity index (χ2n) is 14.6. The van der Waals surface area contributed by atoms with E-state index in [-0.39, 0.29) is 12.1 Å². The molecule has 0 N–H and O–H groups in total. The summed E-state index contributed by atoms with van der Waals surface area (Å²) < 4.78 is 6.11. The minimum Gasteiger partial charge on any atom is -0.462 e. The smallest absolute Gasteiger partial charge is 0.306 e. The van der Waals surface area contributed by atoms with Crippen molar-refractivity contribution in [2.45, 2.75) is 180 Å². The highest BCUT2D eigenvalue weighted by Gasteiger charge is 2.31. The molecule has 0 aromatic heterocycles. The van der Waals surface area contributed by atoms with Gasteiger partial charge in [-0.1, -0.05) is 113 Å². The summed E-state index contributed by atoms with van der Waals surface area (Å²) in [7, 11) is 4.27. The number of hydrogen-bond acceptors (Lipinski definition) is 7. The first-order chi connectivity index (χ1) is 24.0. The van der Waals surface area contributed by atoms with E-state index in [0.717, 1.165) is 76.7 Å². The van der Waals surface area contributed by atoms with Crippen molar-refractivity contribution in [3.8, 4) is 0 Å². The van der Waals surface area contributed by atoms with Gasteiger partial charge in [-0.3, -0.25) is 4.79 Å². The Balaban J connectivity index is 2.18. The lowest BCUT2D eigenvalue weighted by Crippen LogP contribution is -2.34. The van der Waals surface area contributed by atoms with E-state index >= 15 is 0 Å². The molecular weight excluding hydrogens is 610 g/mol. The van der Waals surface area contributed by atoms with Gasteiger partial charge >= 0.3 is 5.97 Å². The first-order valence-corrected chi connectivity index (χ1v) is 20.5. The van der Waals surface area contributed by atoms with Crippen LogP contribution in [-0.2, 0) is 19.2 Å². The zero-order valence-corrected chi connectivity index (χ0v) is 32.5. The van der Waals surface area contributed by atoms with Gasteiger partial charge in [-0.2, -0.15) is 0 Å². The SMILES string of the molecule is CCCC/C=C\CO/N=C\CCCCCCCCC(CCCCCCCC/C=N\OC/C=C\CCCC)OC(=O)CC1CC(CN(C)C)C1. The van der Waals surface area contributed by atoms with Crippen molar-refractivity contribution < 1.29 is 19.2 Å². The third kappa shape index (κ3) is 30.4. The first kappa shape index (κ1) is 44.9. The van der Waals surface area contributed by atoms with Crippen LogP contribution in [0, 0.1) is 11.8 Å². The molecule has 1 saturated carbocycles. The molecule has 0 aromatic rings. The van der Waals surface area contributed by atoms with Gasteiger partial charge in [0.25, 0.3) is 0 Å². The summed E-state index contributed by atoms with van der Waals surface area (Å²) >= 11 is 0. The highest BCUT2D eigenvalue weighted by atomic mass is 16.6. The van der Waals surface area contributed by atoms with E-state index in [4.69, 9.17) is 14.4 Å². The summed E-state index contributed by atoms with van der Waals surface area (Å²) in [5.41, 5.74) is 0. The van der Waals surface area contributed by atoms with Crippen LogP contribution in [0.4, 0.5) is 0 Å². The average molecular weight is 688 g/mol. The van der Waals surface area contributed by atoms with Crippen LogP contribution in [0.5, 0.6) is 0 Å². The van der Waals surface area contributed by atoms with E-state index in [1.54, 1.807) is 0 Å². The van der Waals surface area contributed by atoms with Gasteiger partial charge in [0, 0.05) is 25.4 Å². The van der Waals surface area contributed by atoms with Gasteiger partial charge in [0.2, 0.25) is 0 Å². The van der Waals surface area contributed by atoms with E-state index in [0.29, 0.717) is 25.6 Å². The number of hydrogen-bond donors (Lipinski definition) is 0. The number of nitrogens with zero attached hydrogens (tertiary/aromatic N) is 3. The van der Waals surface area contributed by atoms with Crippen molar-refractivity contribution in [3.05, 3.63) is 24.3 Å². The Labute approximate surface area is 302 Å². The van der Waals surface area contributed by atoms with Crippen molar-refractivity contribution in [1.29, 1.82) is 0 Å². The van der Waals surface area contributed by atoms with E-state index in [1.165, 1.54) is 89.9 Å². The number of rotatable bonds is 35. The largest absolute Gasteiger partial charge is 0.462 e. The lowest BCUT2D eigenvalue weighted by atomic mass is 9.73. The molecule has 1 rings (SSSR count). The molecule has 284 valence electrons. The van der Waals surface area contributed by atoms with Crippen LogP contribution in [0.2, 0.25) is 0 Å². The highest BCUT2D eigenvalue weighted by Crippen LogP contribution is 2.36. The molecule has 0 saturated heterocycles. The lowest BCUT2D eigenvalue weighted by Gasteiger charge is -2.36. The van der Waals surface area contributed by atoms with Gasteiger partial charge in [-0.05, 0) is 115 Å². The number of ether oxygens (including phenoxy) is 1. The second kappa shape index (κ2) is 34.3. The lowest BCUT2D eigenvalue weighted by molar-refractivity contribution is -0.152. The molecule has 1 aliphatic carbocycles. The zero-order chi connectivity index (χ0) is 35.5. The molecule has 0 heterocycles. The summed E-state index contributed by atoms with van der Waals surface area (Å²) in [6, 6.07) is 0. The summed E-state index contributed by atoms with van der Waals surface area (Å²) in [5, 5.41) is 8.13. The van der Waals surface area contributed by atoms with Gasteiger partial charge in [0.15, 0.2) is 0 Å². The quantitative estimate of drug-likeness (QED) is 0.0218. The van der Waals surface area contributed by atoms with Crippen LogP contribution in [0.3, 0.4) is 0 Å². The molecular formula is C42H77N3O4. The molecule has 0 amide bonds. The predicted octanol–water partition coefficient (Wildman–Crippen LogP) is 11.6. The fourth-order valence-electron chi connectivity index (χ4n) is 6.47. The minimum atomic E-state index is 0.0367. The number of allylic oxidation sites excluding steroid dienone is 2. The van der Waals surface area contributed by atoms with E-state index < -0.39 is 0 Å². The Morgan fingerprint density at radius 3 is 1.57 bits per heavy atom. The maximum atomic E-state index is 12.9. The minimum absolute atomic E-state index is 0.0367. The van der Waals surface area contributed by atoms with Crippen LogP contribution in [0.1, 0.15) is 174 Å². The van der Waals surface area contributed by atoms with Gasteiger partial charge in [0.1, 0.15) is 19.3 Å². The predicted molar refractivity (Wildman–Crippen MR) is 209 cm³/mol. The third-order valence-electron chi connectivity index (χ3n) is 9.35. The van der Waals surface area contributed by atoms with Gasteiger partial charge in [0.05, 0.1) is 0 Å². The van der Waals surface area contributed by atoms with E-state index in [1.807, 2.05) is 12.4 Å². The number of esters is 1. The van der Waals surface area contributed by atoms with Crippen molar-refractivity contribution in [2.75, 3.05) is 33.9 Å². The second-order valence-corrected chi connectivity index (χ2v) is 14.6. The van der Waals surface area contributed by atoms with Crippen LogP contribution in [-0.4, -0.2) is 63.3 Å². The van der Waals surface area contributed by atoms with Crippen LogP contribution in [0.25, 0.3) is 0 Å². The monoisotopic (exact) mass is 688 g/mol. The van der Waals surface area contributed by atoms with Crippen molar-refractivity contribution in [2.24, 2.45) is 22.1 Å². The van der Waals surface area contributed by atoms with Gasteiger partial charge in [-0.15, -0.1) is 0 Å². The molecule has 0 aliphatic heterocycles. The van der Waals surface area contributed by atoms with E-state index in [9.17, 15) is 4.79 Å². The molecule has 0 atom stereocenters. The van der Waals surface area contributed by atoms with Crippen LogP contribution < -0.4 is 0 Å². The Morgan fingerprint density at radius 2 is 1.10 bits per heavy atom. The number of oxime groups is 2. The van der Waals surface area contributed by atoms with Crippen molar-refractivity contribution in [3.63, 3.8) is 0 Å². The molecule has 1 fully saturated rings. The summed E-state index contributed by atoms with van der Waals surface area (Å²) in [6.45, 7) is 6.68. The average Bonchev–Trinajstić information content (AvgIpc) is 3.06. The van der Waals surface area contributed by atoms with Crippen LogP contribution in [0.15, 0.2) is 34.6 Å². The molecule has 49 heavy (non-hydrogen) atoms. The molecule has 0 aromatic carbocycles. The normalized spacial score (nSPS) is 16.6. The van der Waals surface area contributed by atoms with E-state index in [2.05, 4.69) is 67.5 Å². The Bertz CT molecular complexity index is 803.